The molecule has 0 spiro atoms. The van der Waals surface area contributed by atoms with Gasteiger partial charge in [-0.15, -0.1) is 0 Å². The maximum Gasteiger partial charge on any atom is 0.116 e. The smallest absolute Gasteiger partial charge is 0.116 e. The number of hydrogen-bond acceptors (Lipinski definition) is 2. The largest absolute Gasteiger partial charge is 0.359 e. The van der Waals surface area contributed by atoms with Crippen LogP contribution < -0.4 is 5.32 Å². The first kappa shape index (κ1) is 11.0. The molecule has 2 heteroatoms. The molecule has 2 atom stereocenters. The van der Waals surface area contributed by atoms with E-state index in [4.69, 9.17) is 4.74 Å². The van der Waals surface area contributed by atoms with Crippen LogP contribution in [0.15, 0.2) is 0 Å². The van der Waals surface area contributed by atoms with Crippen molar-refractivity contribution in [3.8, 4) is 0 Å². The fourth-order valence-corrected chi connectivity index (χ4v) is 1.73. The van der Waals surface area contributed by atoms with Gasteiger partial charge in [0.15, 0.2) is 0 Å². The third kappa shape index (κ3) is 3.28. The monoisotopic (exact) mass is 185 g/mol. The summed E-state index contributed by atoms with van der Waals surface area (Å²) < 4.78 is 5.78. The van der Waals surface area contributed by atoms with Crippen LogP contribution in [0.25, 0.3) is 0 Å². The molecule has 78 valence electrons. The summed E-state index contributed by atoms with van der Waals surface area (Å²) >= 11 is 0. The quantitative estimate of drug-likeness (QED) is 0.726. The van der Waals surface area contributed by atoms with Gasteiger partial charge in [0.2, 0.25) is 0 Å². The summed E-state index contributed by atoms with van der Waals surface area (Å²) in [6.45, 7) is 9.77. The van der Waals surface area contributed by atoms with Crippen LogP contribution in [0.2, 0.25) is 0 Å². The van der Waals surface area contributed by atoms with Crippen LogP contribution >= 0.6 is 0 Å². The molecule has 1 aliphatic heterocycles. The van der Waals surface area contributed by atoms with Gasteiger partial charge in [-0.25, -0.2) is 0 Å². The Labute approximate surface area is 82.0 Å². The van der Waals surface area contributed by atoms with E-state index < -0.39 is 0 Å². The lowest BCUT2D eigenvalue weighted by Gasteiger charge is -2.25. The van der Waals surface area contributed by atoms with Crippen molar-refractivity contribution >= 4 is 0 Å². The van der Waals surface area contributed by atoms with Crippen LogP contribution in [0.4, 0.5) is 0 Å². The molecule has 0 unspecified atom stereocenters. The van der Waals surface area contributed by atoms with Gasteiger partial charge in [0.1, 0.15) is 5.72 Å². The van der Waals surface area contributed by atoms with Gasteiger partial charge < -0.3 is 4.74 Å². The Balaban J connectivity index is 2.31. The normalized spacial score (nSPS) is 34.4. The van der Waals surface area contributed by atoms with Crippen LogP contribution in [0.1, 0.15) is 47.0 Å². The average Bonchev–Trinajstić information content (AvgIpc) is 2.45. The lowest BCUT2D eigenvalue weighted by Crippen LogP contribution is -2.41. The van der Waals surface area contributed by atoms with Crippen LogP contribution in [0, 0.1) is 5.92 Å². The van der Waals surface area contributed by atoms with Crippen molar-refractivity contribution in [3.05, 3.63) is 0 Å². The fraction of sp³-hybridized carbons (Fsp3) is 1.00. The number of nitrogens with one attached hydrogen (secondary N) is 1. The molecule has 0 aliphatic carbocycles. The van der Waals surface area contributed by atoms with E-state index in [0.29, 0.717) is 6.04 Å². The summed E-state index contributed by atoms with van der Waals surface area (Å²) in [5, 5.41) is 3.55. The SMILES string of the molecule is CC[C@H]1CO[C@@](C)(CCC(C)C)N1. The summed E-state index contributed by atoms with van der Waals surface area (Å²) in [4.78, 5) is 0. The molecule has 13 heavy (non-hydrogen) atoms. The Kier molecular flexibility index (Phi) is 3.74. The highest BCUT2D eigenvalue weighted by atomic mass is 16.5. The maximum absolute atomic E-state index is 5.78. The van der Waals surface area contributed by atoms with Crippen molar-refractivity contribution in [2.75, 3.05) is 6.61 Å². The number of ether oxygens (including phenoxy) is 1. The molecule has 1 rings (SSSR count). The highest BCUT2D eigenvalue weighted by molar-refractivity contribution is 4.84. The second kappa shape index (κ2) is 4.43. The molecule has 1 saturated heterocycles. The summed E-state index contributed by atoms with van der Waals surface area (Å²) in [6, 6.07) is 0.567. The summed E-state index contributed by atoms with van der Waals surface area (Å²) in [7, 11) is 0. The summed E-state index contributed by atoms with van der Waals surface area (Å²) in [5.41, 5.74) is -0.0506. The molecule has 0 amide bonds. The summed E-state index contributed by atoms with van der Waals surface area (Å²) in [5.74, 6) is 0.767. The van der Waals surface area contributed by atoms with E-state index in [1.54, 1.807) is 0 Å². The van der Waals surface area contributed by atoms with Crippen molar-refractivity contribution in [2.45, 2.75) is 58.7 Å². The molecule has 0 aromatic rings. The van der Waals surface area contributed by atoms with Crippen molar-refractivity contribution < 1.29 is 4.74 Å². The zero-order chi connectivity index (χ0) is 9.90. The van der Waals surface area contributed by atoms with Crippen molar-refractivity contribution in [2.24, 2.45) is 5.92 Å². The molecular weight excluding hydrogens is 162 g/mol. The molecule has 0 bridgehead atoms. The number of rotatable bonds is 4. The van der Waals surface area contributed by atoms with Gasteiger partial charge in [-0.3, -0.25) is 5.32 Å². The highest BCUT2D eigenvalue weighted by Gasteiger charge is 2.33. The van der Waals surface area contributed by atoms with Crippen molar-refractivity contribution in [3.63, 3.8) is 0 Å². The Morgan fingerprint density at radius 2 is 2.23 bits per heavy atom. The lowest BCUT2D eigenvalue weighted by atomic mass is 10.0. The van der Waals surface area contributed by atoms with E-state index in [0.717, 1.165) is 25.4 Å². The highest BCUT2D eigenvalue weighted by Crippen LogP contribution is 2.24. The van der Waals surface area contributed by atoms with Crippen LogP contribution in [0.3, 0.4) is 0 Å². The van der Waals surface area contributed by atoms with Crippen molar-refractivity contribution in [1.82, 2.24) is 5.32 Å². The van der Waals surface area contributed by atoms with E-state index in [1.807, 2.05) is 0 Å². The molecule has 1 fully saturated rings. The second-order valence-corrected chi connectivity index (χ2v) is 4.72. The minimum Gasteiger partial charge on any atom is -0.359 e. The first-order valence-corrected chi connectivity index (χ1v) is 5.47. The topological polar surface area (TPSA) is 21.3 Å². The molecular formula is C11H23NO. The van der Waals surface area contributed by atoms with Gasteiger partial charge in [-0.05, 0) is 32.1 Å². The maximum atomic E-state index is 5.78. The Bertz CT molecular complexity index is 158. The average molecular weight is 185 g/mol. The molecule has 1 heterocycles. The van der Waals surface area contributed by atoms with E-state index in [1.165, 1.54) is 6.42 Å². The Hall–Kier alpha value is -0.0800. The lowest BCUT2D eigenvalue weighted by molar-refractivity contribution is -0.00452. The van der Waals surface area contributed by atoms with Crippen molar-refractivity contribution in [1.29, 1.82) is 0 Å². The third-order valence-corrected chi connectivity index (χ3v) is 2.80. The van der Waals surface area contributed by atoms with Crippen LogP contribution in [-0.4, -0.2) is 18.4 Å². The van der Waals surface area contributed by atoms with Gasteiger partial charge >= 0.3 is 0 Å². The van der Waals surface area contributed by atoms with Gasteiger partial charge in [-0.1, -0.05) is 20.8 Å². The van der Waals surface area contributed by atoms with Gasteiger partial charge in [-0.2, -0.15) is 0 Å². The van der Waals surface area contributed by atoms with Gasteiger partial charge in [0, 0.05) is 6.04 Å². The predicted molar refractivity (Wildman–Crippen MR) is 55.6 cm³/mol. The van der Waals surface area contributed by atoms with E-state index >= 15 is 0 Å². The minimum absolute atomic E-state index is 0.0506. The minimum atomic E-state index is -0.0506. The summed E-state index contributed by atoms with van der Waals surface area (Å²) in [6.07, 6.45) is 3.53. The van der Waals surface area contributed by atoms with E-state index in [-0.39, 0.29) is 5.72 Å². The molecule has 0 aromatic heterocycles. The molecule has 2 nitrogen and oxygen atoms in total. The molecule has 0 aromatic carbocycles. The predicted octanol–water partition coefficient (Wildman–Crippen LogP) is 2.54. The van der Waals surface area contributed by atoms with Crippen LogP contribution in [-0.2, 0) is 4.74 Å². The molecule has 0 saturated carbocycles. The Morgan fingerprint density at radius 1 is 1.54 bits per heavy atom. The first-order valence-electron chi connectivity index (χ1n) is 5.47. The van der Waals surface area contributed by atoms with Crippen LogP contribution in [0.5, 0.6) is 0 Å². The fourth-order valence-electron chi connectivity index (χ4n) is 1.73. The van der Waals surface area contributed by atoms with E-state index in [9.17, 15) is 0 Å². The molecule has 1 N–H and O–H groups in total. The number of hydrogen-bond donors (Lipinski definition) is 1. The zero-order valence-electron chi connectivity index (χ0n) is 9.39. The molecule has 1 aliphatic rings. The standard InChI is InChI=1S/C11H23NO/c1-5-10-8-13-11(4,12-10)7-6-9(2)3/h9-10,12H,5-8H2,1-4H3/t10-,11-/m0/s1. The first-order chi connectivity index (χ1) is 6.06. The molecule has 0 radical (unpaired) electrons. The van der Waals surface area contributed by atoms with E-state index in [2.05, 4.69) is 33.0 Å². The second-order valence-electron chi connectivity index (χ2n) is 4.72. The zero-order valence-corrected chi connectivity index (χ0v) is 9.39. The Morgan fingerprint density at radius 3 is 2.69 bits per heavy atom. The van der Waals surface area contributed by atoms with Gasteiger partial charge in [0.25, 0.3) is 0 Å². The van der Waals surface area contributed by atoms with Gasteiger partial charge in [0.05, 0.1) is 6.61 Å². The third-order valence-electron chi connectivity index (χ3n) is 2.80.